The lowest BCUT2D eigenvalue weighted by Crippen LogP contribution is -2.53. The largest absolute Gasteiger partial charge is 0.444 e. The number of benzene rings is 1. The Hall–Kier alpha value is -2.04. The van der Waals surface area contributed by atoms with Crippen molar-refractivity contribution < 1.29 is 14.3 Å². The second-order valence-electron chi connectivity index (χ2n) is 7.40. The van der Waals surface area contributed by atoms with Crippen LogP contribution in [0.2, 0.25) is 0 Å². The van der Waals surface area contributed by atoms with Crippen LogP contribution < -0.4 is 10.6 Å². The maximum atomic E-state index is 12.3. The Kier molecular flexibility index (Phi) is 6.19. The molecule has 1 aromatic rings. The molecule has 1 unspecified atom stereocenters. The maximum Gasteiger partial charge on any atom is 0.408 e. The summed E-state index contributed by atoms with van der Waals surface area (Å²) in [5.74, 6) is -0.239. The molecular formula is C18H28N2O3. The Balaban J connectivity index is 2.55. The summed E-state index contributed by atoms with van der Waals surface area (Å²) in [5, 5.41) is 5.51. The van der Waals surface area contributed by atoms with Gasteiger partial charge in [0.15, 0.2) is 0 Å². The van der Waals surface area contributed by atoms with E-state index in [9.17, 15) is 9.59 Å². The van der Waals surface area contributed by atoms with E-state index in [1.807, 2.05) is 44.2 Å². The average Bonchev–Trinajstić information content (AvgIpc) is 2.36. The minimum atomic E-state index is -0.667. The van der Waals surface area contributed by atoms with Crippen molar-refractivity contribution >= 4 is 12.0 Å². The Morgan fingerprint density at radius 2 is 1.65 bits per heavy atom. The van der Waals surface area contributed by atoms with Gasteiger partial charge in [0.1, 0.15) is 11.6 Å². The van der Waals surface area contributed by atoms with Gasteiger partial charge in [-0.3, -0.25) is 4.79 Å². The highest BCUT2D eigenvalue weighted by atomic mass is 16.6. The van der Waals surface area contributed by atoms with Crippen molar-refractivity contribution in [3.8, 4) is 0 Å². The van der Waals surface area contributed by atoms with Crippen LogP contribution in [0.15, 0.2) is 30.3 Å². The third-order valence-electron chi connectivity index (χ3n) is 3.08. The van der Waals surface area contributed by atoms with Gasteiger partial charge in [-0.05, 0) is 53.5 Å². The first kappa shape index (κ1) is 19.0. The van der Waals surface area contributed by atoms with Crippen LogP contribution in [0, 0.1) is 0 Å². The normalized spacial score (nSPS) is 13.1. The van der Waals surface area contributed by atoms with Crippen LogP contribution >= 0.6 is 0 Å². The van der Waals surface area contributed by atoms with Gasteiger partial charge in [-0.2, -0.15) is 0 Å². The maximum absolute atomic E-state index is 12.3. The highest BCUT2D eigenvalue weighted by molar-refractivity contribution is 5.85. The Morgan fingerprint density at radius 3 is 2.17 bits per heavy atom. The second-order valence-corrected chi connectivity index (χ2v) is 7.40. The summed E-state index contributed by atoms with van der Waals surface area (Å²) in [4.78, 5) is 24.0. The third kappa shape index (κ3) is 7.68. The van der Waals surface area contributed by atoms with E-state index in [-0.39, 0.29) is 5.91 Å². The lowest BCUT2D eigenvalue weighted by molar-refractivity contribution is -0.124. The van der Waals surface area contributed by atoms with E-state index in [2.05, 4.69) is 10.6 Å². The second kappa shape index (κ2) is 7.49. The fourth-order valence-electron chi connectivity index (χ4n) is 2.14. The smallest absolute Gasteiger partial charge is 0.408 e. The Labute approximate surface area is 138 Å². The summed E-state index contributed by atoms with van der Waals surface area (Å²) in [7, 11) is 0. The monoisotopic (exact) mass is 320 g/mol. The molecule has 0 spiro atoms. The number of ether oxygens (including phenoxy) is 1. The van der Waals surface area contributed by atoms with Crippen molar-refractivity contribution in [1.29, 1.82) is 0 Å². The number of carbonyl (C=O) groups excluding carboxylic acids is 2. The molecular weight excluding hydrogens is 292 g/mol. The Morgan fingerprint density at radius 1 is 1.09 bits per heavy atom. The van der Waals surface area contributed by atoms with Crippen molar-refractivity contribution in [1.82, 2.24) is 10.6 Å². The molecule has 0 radical (unpaired) electrons. The molecule has 5 heteroatoms. The van der Waals surface area contributed by atoms with Gasteiger partial charge in [0.2, 0.25) is 5.91 Å². The molecule has 1 aromatic carbocycles. The summed E-state index contributed by atoms with van der Waals surface area (Å²) in [5.41, 5.74) is 0.139. The molecule has 128 valence electrons. The Bertz CT molecular complexity index is 533. The molecule has 0 bridgehead atoms. The molecule has 0 aliphatic rings. The fourth-order valence-corrected chi connectivity index (χ4v) is 2.14. The molecule has 0 aromatic heterocycles. The summed E-state index contributed by atoms with van der Waals surface area (Å²) >= 11 is 0. The lowest BCUT2D eigenvalue weighted by Gasteiger charge is -2.29. The van der Waals surface area contributed by atoms with E-state index in [0.29, 0.717) is 6.42 Å². The molecule has 2 amide bonds. The highest BCUT2D eigenvalue weighted by Crippen LogP contribution is 2.13. The van der Waals surface area contributed by atoms with Crippen molar-refractivity contribution in [2.24, 2.45) is 0 Å². The molecule has 1 atom stereocenters. The van der Waals surface area contributed by atoms with E-state index >= 15 is 0 Å². The molecule has 23 heavy (non-hydrogen) atoms. The van der Waals surface area contributed by atoms with Crippen molar-refractivity contribution in [2.45, 2.75) is 65.1 Å². The van der Waals surface area contributed by atoms with Gasteiger partial charge in [-0.15, -0.1) is 0 Å². The summed E-state index contributed by atoms with van der Waals surface area (Å²) in [6.07, 6.45) is 0.111. The van der Waals surface area contributed by atoms with Crippen molar-refractivity contribution in [3.05, 3.63) is 35.9 Å². The average molecular weight is 320 g/mol. The van der Waals surface area contributed by atoms with E-state index < -0.39 is 23.3 Å². The van der Waals surface area contributed by atoms with Crippen LogP contribution in [0.25, 0.3) is 0 Å². The van der Waals surface area contributed by atoms with Gasteiger partial charge >= 0.3 is 6.09 Å². The highest BCUT2D eigenvalue weighted by Gasteiger charge is 2.26. The first-order valence-electron chi connectivity index (χ1n) is 7.84. The van der Waals surface area contributed by atoms with Crippen molar-refractivity contribution in [3.63, 3.8) is 0 Å². The van der Waals surface area contributed by atoms with E-state index in [1.54, 1.807) is 27.7 Å². The molecule has 0 saturated carbocycles. The van der Waals surface area contributed by atoms with Crippen LogP contribution in [0.5, 0.6) is 0 Å². The molecule has 0 aliphatic heterocycles. The zero-order chi connectivity index (χ0) is 17.7. The molecule has 0 saturated heterocycles. The number of amides is 2. The number of carbonyl (C=O) groups is 2. The predicted molar refractivity (Wildman–Crippen MR) is 91.2 cm³/mol. The molecule has 1 rings (SSSR count). The number of alkyl carbamates (subject to hydrolysis) is 1. The first-order chi connectivity index (χ1) is 10.5. The molecule has 2 N–H and O–H groups in total. The number of nitrogens with one attached hydrogen (secondary N) is 2. The number of hydrogen-bond donors (Lipinski definition) is 2. The minimum absolute atomic E-state index is 0.239. The first-order valence-corrected chi connectivity index (χ1v) is 7.84. The van der Waals surface area contributed by atoms with E-state index in [1.165, 1.54) is 0 Å². The molecule has 0 heterocycles. The zero-order valence-electron chi connectivity index (χ0n) is 14.9. The zero-order valence-corrected chi connectivity index (χ0v) is 14.9. The predicted octanol–water partition coefficient (Wildman–Crippen LogP) is 3.04. The number of hydrogen-bond acceptors (Lipinski definition) is 3. The minimum Gasteiger partial charge on any atom is -0.444 e. The van der Waals surface area contributed by atoms with Crippen LogP contribution in [0.1, 0.15) is 47.1 Å². The van der Waals surface area contributed by atoms with E-state index in [4.69, 9.17) is 4.74 Å². The SMILES string of the molecule is CC(NC(=O)OC(C)(C)C)C(=O)NC(C)(C)Cc1ccccc1. The molecule has 5 nitrogen and oxygen atoms in total. The van der Waals surface area contributed by atoms with Gasteiger partial charge in [0.25, 0.3) is 0 Å². The molecule has 0 aliphatic carbocycles. The van der Waals surface area contributed by atoms with Crippen LogP contribution in [-0.4, -0.2) is 29.2 Å². The lowest BCUT2D eigenvalue weighted by atomic mass is 9.94. The van der Waals surface area contributed by atoms with Crippen LogP contribution in [-0.2, 0) is 16.0 Å². The standard InChI is InChI=1S/C18H28N2O3/c1-13(19-16(22)23-17(2,3)4)15(21)20-18(5,6)12-14-10-8-7-9-11-14/h7-11,13H,12H2,1-6H3,(H,19,22)(H,20,21). The molecule has 0 fully saturated rings. The fraction of sp³-hybridized carbons (Fsp3) is 0.556. The summed E-state index contributed by atoms with van der Waals surface area (Å²) in [6.45, 7) is 10.9. The topological polar surface area (TPSA) is 67.4 Å². The summed E-state index contributed by atoms with van der Waals surface area (Å²) < 4.78 is 5.15. The number of rotatable bonds is 5. The van der Waals surface area contributed by atoms with Gasteiger partial charge in [-0.25, -0.2) is 4.79 Å². The van der Waals surface area contributed by atoms with Gasteiger partial charge in [0, 0.05) is 5.54 Å². The van der Waals surface area contributed by atoms with Crippen LogP contribution in [0.4, 0.5) is 4.79 Å². The quantitative estimate of drug-likeness (QED) is 0.876. The van der Waals surface area contributed by atoms with E-state index in [0.717, 1.165) is 5.56 Å². The third-order valence-corrected chi connectivity index (χ3v) is 3.08. The summed E-state index contributed by atoms with van der Waals surface area (Å²) in [6, 6.07) is 9.29. The van der Waals surface area contributed by atoms with Gasteiger partial charge in [-0.1, -0.05) is 30.3 Å². The van der Waals surface area contributed by atoms with Crippen LogP contribution in [0.3, 0.4) is 0 Å². The van der Waals surface area contributed by atoms with Gasteiger partial charge < -0.3 is 15.4 Å². The van der Waals surface area contributed by atoms with Gasteiger partial charge in [0.05, 0.1) is 0 Å². The van der Waals surface area contributed by atoms with Crippen molar-refractivity contribution in [2.75, 3.05) is 0 Å².